The van der Waals surface area contributed by atoms with Gasteiger partial charge in [0.15, 0.2) is 5.13 Å². The molecule has 0 spiro atoms. The van der Waals surface area contributed by atoms with Crippen LogP contribution in [0.15, 0.2) is 5.38 Å². The number of anilines is 1. The van der Waals surface area contributed by atoms with Crippen LogP contribution in [0.3, 0.4) is 0 Å². The van der Waals surface area contributed by atoms with Crippen LogP contribution in [0.5, 0.6) is 0 Å². The molecule has 0 radical (unpaired) electrons. The molecule has 4 nitrogen and oxygen atoms in total. The van der Waals surface area contributed by atoms with Crippen LogP contribution in [-0.2, 0) is 11.2 Å². The summed E-state index contributed by atoms with van der Waals surface area (Å²) in [5.74, 6) is -1.09. The van der Waals surface area contributed by atoms with E-state index in [4.69, 9.17) is 0 Å². The van der Waals surface area contributed by atoms with Crippen molar-refractivity contribution in [2.75, 3.05) is 11.9 Å². The van der Waals surface area contributed by atoms with Gasteiger partial charge in [0.25, 0.3) is 0 Å². The molecule has 1 aromatic heterocycles. The van der Waals surface area contributed by atoms with Crippen molar-refractivity contribution >= 4 is 22.4 Å². The van der Waals surface area contributed by atoms with E-state index in [1.165, 1.54) is 11.3 Å². The molecule has 0 aliphatic rings. The number of aromatic nitrogens is 1. The van der Waals surface area contributed by atoms with Gasteiger partial charge in [0.05, 0.1) is 5.69 Å². The fourth-order valence-electron chi connectivity index (χ4n) is 0.849. The second kappa shape index (κ2) is 4.81. The van der Waals surface area contributed by atoms with Crippen LogP contribution in [0.25, 0.3) is 0 Å². The van der Waals surface area contributed by atoms with Gasteiger partial charge in [-0.05, 0) is 6.42 Å². The highest BCUT2D eigenvalue weighted by Gasteiger charge is 2.00. The fourth-order valence-corrected chi connectivity index (χ4v) is 1.59. The first-order chi connectivity index (χ1) is 6.22. The smallest absolute Gasteiger partial charge is 0.182 e. The maximum absolute atomic E-state index is 10.2. The molecule has 13 heavy (non-hydrogen) atoms. The normalized spacial score (nSPS) is 9.92. The molecular formula is C8H11N2O2S-. The van der Waals surface area contributed by atoms with Crippen LogP contribution in [0.2, 0.25) is 0 Å². The first-order valence-corrected chi connectivity index (χ1v) is 4.98. The molecule has 0 aliphatic heterocycles. The molecule has 0 saturated heterocycles. The minimum Gasteiger partial charge on any atom is -0.550 e. The Balaban J connectivity index is 2.48. The quantitative estimate of drug-likeness (QED) is 0.738. The van der Waals surface area contributed by atoms with Crippen molar-refractivity contribution in [2.45, 2.75) is 19.8 Å². The number of thiazole rings is 1. The number of nitrogens with zero attached hydrogens (tertiary/aromatic N) is 1. The van der Waals surface area contributed by atoms with Crippen LogP contribution in [-0.4, -0.2) is 17.5 Å². The van der Waals surface area contributed by atoms with Gasteiger partial charge < -0.3 is 15.2 Å². The van der Waals surface area contributed by atoms with Crippen LogP contribution in [0, 0.1) is 0 Å². The lowest BCUT2D eigenvalue weighted by Gasteiger charge is -1.98. The van der Waals surface area contributed by atoms with E-state index in [-0.39, 0.29) is 6.42 Å². The van der Waals surface area contributed by atoms with Gasteiger partial charge in [-0.1, -0.05) is 6.92 Å². The topological polar surface area (TPSA) is 65.0 Å². The Morgan fingerprint density at radius 2 is 2.54 bits per heavy atom. The Hall–Kier alpha value is -1.10. The number of carbonyl (C=O) groups is 1. The van der Waals surface area contributed by atoms with E-state index in [2.05, 4.69) is 17.2 Å². The van der Waals surface area contributed by atoms with Gasteiger partial charge >= 0.3 is 0 Å². The molecule has 1 rings (SSSR count). The van der Waals surface area contributed by atoms with E-state index >= 15 is 0 Å². The zero-order valence-corrected chi connectivity index (χ0v) is 8.19. The number of hydrogen-bond acceptors (Lipinski definition) is 5. The molecule has 0 saturated carbocycles. The van der Waals surface area contributed by atoms with Crippen molar-refractivity contribution in [2.24, 2.45) is 0 Å². The molecule has 1 aromatic rings. The second-order valence-corrected chi connectivity index (χ2v) is 3.48. The van der Waals surface area contributed by atoms with E-state index in [1.807, 2.05) is 0 Å². The lowest BCUT2D eigenvalue weighted by molar-refractivity contribution is -0.304. The molecule has 0 fully saturated rings. The Kier molecular flexibility index (Phi) is 3.70. The van der Waals surface area contributed by atoms with Crippen molar-refractivity contribution in [1.29, 1.82) is 0 Å². The van der Waals surface area contributed by atoms with Gasteiger partial charge in [0.1, 0.15) is 0 Å². The van der Waals surface area contributed by atoms with Crippen molar-refractivity contribution in [1.82, 2.24) is 4.98 Å². The molecule has 1 heterocycles. The average molecular weight is 199 g/mol. The van der Waals surface area contributed by atoms with Crippen molar-refractivity contribution in [3.05, 3.63) is 11.1 Å². The minimum absolute atomic E-state index is 0.107. The maximum Gasteiger partial charge on any atom is 0.182 e. The van der Waals surface area contributed by atoms with Crippen LogP contribution in [0.4, 0.5) is 5.13 Å². The third-order valence-electron chi connectivity index (χ3n) is 1.40. The van der Waals surface area contributed by atoms with Gasteiger partial charge in [-0.2, -0.15) is 0 Å². The maximum atomic E-state index is 10.2. The van der Waals surface area contributed by atoms with E-state index in [1.54, 1.807) is 5.38 Å². The molecule has 0 atom stereocenters. The molecule has 0 unspecified atom stereocenters. The van der Waals surface area contributed by atoms with Crippen LogP contribution < -0.4 is 10.4 Å². The van der Waals surface area contributed by atoms with Crippen LogP contribution >= 0.6 is 11.3 Å². The Labute approximate surface area is 80.6 Å². The minimum atomic E-state index is -1.09. The Morgan fingerprint density at radius 1 is 1.77 bits per heavy atom. The van der Waals surface area contributed by atoms with Crippen molar-refractivity contribution in [3.63, 3.8) is 0 Å². The fraction of sp³-hybridized carbons (Fsp3) is 0.500. The second-order valence-electron chi connectivity index (χ2n) is 2.62. The number of carbonyl (C=O) groups excluding carboxylic acids is 1. The first-order valence-electron chi connectivity index (χ1n) is 4.10. The Morgan fingerprint density at radius 3 is 3.15 bits per heavy atom. The van der Waals surface area contributed by atoms with Gasteiger partial charge in [-0.3, -0.25) is 0 Å². The largest absolute Gasteiger partial charge is 0.550 e. The van der Waals surface area contributed by atoms with Crippen molar-refractivity contribution < 1.29 is 9.90 Å². The lowest BCUT2D eigenvalue weighted by atomic mass is 10.3. The monoisotopic (exact) mass is 199 g/mol. The Bertz CT molecular complexity index is 285. The lowest BCUT2D eigenvalue weighted by Crippen LogP contribution is -2.24. The first kappa shape index (κ1) is 9.98. The summed E-state index contributed by atoms with van der Waals surface area (Å²) in [6.07, 6.45) is 0.916. The van der Waals surface area contributed by atoms with E-state index in [0.29, 0.717) is 5.69 Å². The zero-order chi connectivity index (χ0) is 9.68. The summed E-state index contributed by atoms with van der Waals surface area (Å²) in [7, 11) is 0. The van der Waals surface area contributed by atoms with E-state index < -0.39 is 5.97 Å². The van der Waals surface area contributed by atoms with Crippen molar-refractivity contribution in [3.8, 4) is 0 Å². The molecule has 72 valence electrons. The zero-order valence-electron chi connectivity index (χ0n) is 7.37. The molecule has 0 aliphatic carbocycles. The molecule has 5 heteroatoms. The SMILES string of the molecule is CCCNc1nc(CC(=O)[O-])cs1. The molecule has 0 aromatic carbocycles. The number of rotatable bonds is 5. The highest BCUT2D eigenvalue weighted by Crippen LogP contribution is 2.15. The average Bonchev–Trinajstić information content (AvgIpc) is 2.48. The number of hydrogen-bond donors (Lipinski definition) is 1. The summed E-state index contributed by atoms with van der Waals surface area (Å²) in [6, 6.07) is 0. The molecule has 1 N–H and O–H groups in total. The summed E-state index contributed by atoms with van der Waals surface area (Å²) in [6.45, 7) is 2.92. The van der Waals surface area contributed by atoms with Gasteiger partial charge in [-0.25, -0.2) is 4.98 Å². The van der Waals surface area contributed by atoms with Gasteiger partial charge in [0, 0.05) is 24.3 Å². The summed E-state index contributed by atoms with van der Waals surface area (Å²) in [5.41, 5.74) is 0.559. The summed E-state index contributed by atoms with van der Waals surface area (Å²) in [4.78, 5) is 14.3. The third kappa shape index (κ3) is 3.42. The number of nitrogens with one attached hydrogen (secondary N) is 1. The number of carboxylic acid groups (broad SMARTS) is 1. The van der Waals surface area contributed by atoms with E-state index in [0.717, 1.165) is 18.1 Å². The number of carboxylic acids is 1. The summed E-state index contributed by atoms with van der Waals surface area (Å²) in [5, 5.41) is 15.8. The molecule has 0 amide bonds. The predicted molar refractivity (Wildman–Crippen MR) is 49.6 cm³/mol. The third-order valence-corrected chi connectivity index (χ3v) is 2.25. The van der Waals surface area contributed by atoms with Gasteiger partial charge in [0.2, 0.25) is 0 Å². The van der Waals surface area contributed by atoms with Gasteiger partial charge in [-0.15, -0.1) is 11.3 Å². The number of aliphatic carboxylic acids is 1. The predicted octanol–water partition coefficient (Wildman–Crippen LogP) is 0.257. The highest BCUT2D eigenvalue weighted by molar-refractivity contribution is 7.13. The molecular weight excluding hydrogens is 188 g/mol. The molecule has 0 bridgehead atoms. The standard InChI is InChI=1S/C8H12N2O2S/c1-2-3-9-8-10-6(5-13-8)4-7(11)12/h5H,2-4H2,1H3,(H,9,10)(H,11,12)/p-1. The van der Waals surface area contributed by atoms with Crippen LogP contribution in [0.1, 0.15) is 19.0 Å². The summed E-state index contributed by atoms with van der Waals surface area (Å²) >= 11 is 1.42. The van der Waals surface area contributed by atoms with E-state index in [9.17, 15) is 9.90 Å². The summed E-state index contributed by atoms with van der Waals surface area (Å²) < 4.78 is 0. The highest BCUT2D eigenvalue weighted by atomic mass is 32.1.